The fourth-order valence-corrected chi connectivity index (χ4v) is 6.44. The van der Waals surface area contributed by atoms with Crippen LogP contribution in [0, 0.1) is 17.3 Å². The molecule has 0 unspecified atom stereocenters. The van der Waals surface area contributed by atoms with Gasteiger partial charge in [0, 0.05) is 25.2 Å². The number of carbonyl (C=O) groups excluding carboxylic acids is 1. The van der Waals surface area contributed by atoms with Crippen LogP contribution in [0.3, 0.4) is 0 Å². The number of nitrogens with zero attached hydrogens (tertiary/aromatic N) is 1. The minimum atomic E-state index is 0.225. The Morgan fingerprint density at radius 3 is 2.48 bits per heavy atom. The summed E-state index contributed by atoms with van der Waals surface area (Å²) >= 11 is 0. The molecule has 2 fully saturated rings. The van der Waals surface area contributed by atoms with Crippen molar-refractivity contribution >= 4 is 11.5 Å². The van der Waals surface area contributed by atoms with Crippen LogP contribution in [0.2, 0.25) is 0 Å². The molecule has 0 heterocycles. The lowest BCUT2D eigenvalue weighted by Gasteiger charge is -2.50. The number of carbonyl (C=O) groups is 1. The molecule has 4 heteroatoms. The zero-order chi connectivity index (χ0) is 19.6. The first kappa shape index (κ1) is 18.9. The molecule has 0 bridgehead atoms. The molecule has 1 aromatic rings. The molecular formula is C23H34NO3+. The van der Waals surface area contributed by atoms with E-state index < -0.39 is 0 Å². The summed E-state index contributed by atoms with van der Waals surface area (Å²) in [7, 11) is 10.0. The van der Waals surface area contributed by atoms with Gasteiger partial charge in [-0.3, -0.25) is 9.28 Å². The second kappa shape index (κ2) is 6.31. The summed E-state index contributed by atoms with van der Waals surface area (Å²) in [6.45, 7) is 2.40. The van der Waals surface area contributed by atoms with Gasteiger partial charge in [0.15, 0.2) is 17.2 Å². The van der Waals surface area contributed by atoms with E-state index in [1.165, 1.54) is 18.4 Å². The van der Waals surface area contributed by atoms with E-state index >= 15 is 0 Å². The van der Waals surface area contributed by atoms with Crippen LogP contribution in [0.15, 0.2) is 12.1 Å². The average molecular weight is 373 g/mol. The highest BCUT2D eigenvalue weighted by molar-refractivity contribution is 6.00. The Morgan fingerprint density at radius 1 is 1.11 bits per heavy atom. The summed E-state index contributed by atoms with van der Waals surface area (Å²) in [5.74, 6) is 2.66. The smallest absolute Gasteiger partial charge is 0.180 e. The van der Waals surface area contributed by atoms with Gasteiger partial charge in [-0.15, -0.1) is 0 Å². The Labute approximate surface area is 163 Å². The van der Waals surface area contributed by atoms with E-state index in [1.807, 2.05) is 13.2 Å². The first-order valence-electron chi connectivity index (χ1n) is 10.3. The zero-order valence-corrected chi connectivity index (χ0v) is 17.7. The Hall–Kier alpha value is -1.39. The van der Waals surface area contributed by atoms with Gasteiger partial charge in [-0.05, 0) is 60.5 Å². The lowest BCUT2D eigenvalue weighted by Crippen LogP contribution is -2.45. The molecule has 0 aromatic heterocycles. The number of benzene rings is 1. The zero-order valence-electron chi connectivity index (χ0n) is 17.7. The number of Topliss-reactive ketones (excluding diaryl/α,β-unsaturated/α-hetero) is 1. The monoisotopic (exact) mass is 372 g/mol. The van der Waals surface area contributed by atoms with Gasteiger partial charge in [0.25, 0.3) is 0 Å². The van der Waals surface area contributed by atoms with E-state index in [0.717, 1.165) is 29.8 Å². The standard InChI is InChI=1S/C23H34NO3/c1-23-10-9-14-15-11-19(24(2,3)4)21(26-5)13-17(15)20(25)12-16(14)18(23)7-8-22(23)27-6/h11,13-14,16,18,22H,7-10,12H2,1-6H3/q+1/t14-,16-,18+,22+,23+/m1/s1. The van der Waals surface area contributed by atoms with Gasteiger partial charge < -0.3 is 9.47 Å². The van der Waals surface area contributed by atoms with Crippen LogP contribution in [0.1, 0.15) is 60.9 Å². The first-order valence-corrected chi connectivity index (χ1v) is 10.3. The van der Waals surface area contributed by atoms with E-state index in [9.17, 15) is 4.79 Å². The molecule has 5 atom stereocenters. The molecule has 3 aliphatic rings. The highest BCUT2D eigenvalue weighted by Crippen LogP contribution is 2.61. The number of hydrogen-bond acceptors (Lipinski definition) is 3. The summed E-state index contributed by atoms with van der Waals surface area (Å²) in [4.78, 5) is 13.1. The Morgan fingerprint density at radius 2 is 1.85 bits per heavy atom. The molecule has 0 amide bonds. The second-order valence-corrected chi connectivity index (χ2v) is 9.97. The van der Waals surface area contributed by atoms with Crippen molar-refractivity contribution < 1.29 is 14.3 Å². The number of rotatable bonds is 3. The van der Waals surface area contributed by atoms with Crippen LogP contribution in [-0.2, 0) is 4.74 Å². The van der Waals surface area contributed by atoms with Crippen molar-refractivity contribution in [2.45, 2.75) is 51.0 Å². The van der Waals surface area contributed by atoms with Crippen molar-refractivity contribution in [2.24, 2.45) is 17.3 Å². The summed E-state index contributed by atoms with van der Waals surface area (Å²) in [6, 6.07) is 4.28. The fourth-order valence-electron chi connectivity index (χ4n) is 6.44. The molecule has 27 heavy (non-hydrogen) atoms. The Balaban J connectivity index is 1.79. The fraction of sp³-hybridized carbons (Fsp3) is 0.696. The van der Waals surface area contributed by atoms with Crippen LogP contribution in [0.25, 0.3) is 0 Å². The SMILES string of the molecule is COc1cc2c(cc1[N+](C)(C)C)[C@H]1CC[C@]3(C)[C@@H](OC)CC[C@H]3[C@@H]1CC2=O. The molecule has 0 saturated heterocycles. The Kier molecular flexibility index (Phi) is 4.43. The van der Waals surface area contributed by atoms with Crippen molar-refractivity contribution in [1.29, 1.82) is 0 Å². The number of methoxy groups -OCH3 is 2. The van der Waals surface area contributed by atoms with Gasteiger partial charge in [0.2, 0.25) is 0 Å². The predicted octanol–water partition coefficient (Wildman–Crippen LogP) is 4.40. The maximum Gasteiger partial charge on any atom is 0.180 e. The van der Waals surface area contributed by atoms with E-state index in [1.54, 1.807) is 7.11 Å². The summed E-state index contributed by atoms with van der Waals surface area (Å²) in [5.41, 5.74) is 3.54. The molecular weight excluding hydrogens is 338 g/mol. The van der Waals surface area contributed by atoms with E-state index in [4.69, 9.17) is 9.47 Å². The topological polar surface area (TPSA) is 35.5 Å². The third-order valence-electron chi connectivity index (χ3n) is 7.83. The van der Waals surface area contributed by atoms with E-state index in [0.29, 0.717) is 40.5 Å². The lowest BCUT2D eigenvalue weighted by atomic mass is 9.55. The van der Waals surface area contributed by atoms with Crippen molar-refractivity contribution in [3.63, 3.8) is 0 Å². The van der Waals surface area contributed by atoms with E-state index in [-0.39, 0.29) is 5.41 Å². The minimum Gasteiger partial charge on any atom is -0.491 e. The molecule has 148 valence electrons. The number of hydrogen-bond donors (Lipinski definition) is 0. The predicted molar refractivity (Wildman–Crippen MR) is 109 cm³/mol. The molecule has 0 spiro atoms. The van der Waals surface area contributed by atoms with Crippen LogP contribution < -0.4 is 9.22 Å². The van der Waals surface area contributed by atoms with Gasteiger partial charge in [0.05, 0.1) is 34.4 Å². The molecule has 0 N–H and O–H groups in total. The van der Waals surface area contributed by atoms with Crippen molar-refractivity contribution in [3.8, 4) is 5.75 Å². The second-order valence-electron chi connectivity index (χ2n) is 9.97. The number of quaternary nitrogens is 1. The maximum absolute atomic E-state index is 13.1. The third-order valence-corrected chi connectivity index (χ3v) is 7.83. The van der Waals surface area contributed by atoms with Crippen LogP contribution in [-0.4, -0.2) is 47.2 Å². The van der Waals surface area contributed by atoms with Crippen LogP contribution in [0.4, 0.5) is 5.69 Å². The van der Waals surface area contributed by atoms with Gasteiger partial charge in [-0.25, -0.2) is 0 Å². The highest BCUT2D eigenvalue weighted by atomic mass is 16.5. The number of fused-ring (bicyclic) bond motifs is 5. The first-order chi connectivity index (χ1) is 12.7. The molecule has 3 aliphatic carbocycles. The van der Waals surface area contributed by atoms with Gasteiger partial charge >= 0.3 is 0 Å². The van der Waals surface area contributed by atoms with Gasteiger partial charge in [-0.2, -0.15) is 0 Å². The highest BCUT2D eigenvalue weighted by Gasteiger charge is 2.56. The summed E-state index contributed by atoms with van der Waals surface area (Å²) in [5, 5.41) is 0. The normalized spacial score (nSPS) is 35.4. The van der Waals surface area contributed by atoms with Crippen molar-refractivity contribution in [1.82, 2.24) is 4.48 Å². The quantitative estimate of drug-likeness (QED) is 0.738. The third kappa shape index (κ3) is 2.75. The Bertz CT molecular complexity index is 766. The molecule has 4 rings (SSSR count). The average Bonchev–Trinajstić information content (AvgIpc) is 2.96. The number of ketones is 1. The molecule has 2 saturated carbocycles. The summed E-state index contributed by atoms with van der Waals surface area (Å²) < 4.78 is 12.2. The molecule has 0 aliphatic heterocycles. The van der Waals surface area contributed by atoms with Crippen LogP contribution >= 0.6 is 0 Å². The van der Waals surface area contributed by atoms with E-state index in [2.05, 4.69) is 34.1 Å². The van der Waals surface area contributed by atoms with Gasteiger partial charge in [-0.1, -0.05) is 6.92 Å². The number of ether oxygens (including phenoxy) is 2. The van der Waals surface area contributed by atoms with Crippen molar-refractivity contribution in [3.05, 3.63) is 23.3 Å². The molecule has 0 radical (unpaired) electrons. The minimum absolute atomic E-state index is 0.225. The lowest BCUT2D eigenvalue weighted by molar-refractivity contribution is -0.0426. The molecule has 4 nitrogen and oxygen atoms in total. The van der Waals surface area contributed by atoms with Crippen LogP contribution in [0.5, 0.6) is 5.75 Å². The summed E-state index contributed by atoms with van der Waals surface area (Å²) in [6.07, 6.45) is 5.70. The van der Waals surface area contributed by atoms with Crippen molar-refractivity contribution in [2.75, 3.05) is 35.4 Å². The van der Waals surface area contributed by atoms with Gasteiger partial charge in [0.1, 0.15) is 0 Å². The molecule has 1 aromatic carbocycles. The largest absolute Gasteiger partial charge is 0.491 e. The maximum atomic E-state index is 13.1.